The Kier molecular flexibility index (Phi) is 7.03. The number of aromatic amines is 1. The lowest BCUT2D eigenvalue weighted by molar-refractivity contribution is -0.142. The SMILES string of the molecule is CC(Oc1cccc2c(CC(C)(C)NC(=O)OC(C)(C)C)c[nH]c12)C(=O)N1CCOCC1. The molecule has 1 saturated heterocycles. The van der Waals surface area contributed by atoms with E-state index < -0.39 is 23.3 Å². The number of benzene rings is 1. The summed E-state index contributed by atoms with van der Waals surface area (Å²) in [4.78, 5) is 30.0. The molecule has 1 fully saturated rings. The summed E-state index contributed by atoms with van der Waals surface area (Å²) in [6.07, 6.45) is 1.47. The second-order valence-electron chi connectivity index (χ2n) is 9.88. The van der Waals surface area contributed by atoms with Gasteiger partial charge in [0.15, 0.2) is 6.10 Å². The van der Waals surface area contributed by atoms with Crippen LogP contribution in [0.3, 0.4) is 0 Å². The number of amides is 2. The number of rotatable bonds is 6. The van der Waals surface area contributed by atoms with Gasteiger partial charge in [-0.3, -0.25) is 4.79 Å². The number of alkyl carbamates (subject to hydrolysis) is 1. The average molecular weight is 446 g/mol. The number of carbonyl (C=O) groups is 2. The van der Waals surface area contributed by atoms with E-state index in [1.54, 1.807) is 11.8 Å². The van der Waals surface area contributed by atoms with Gasteiger partial charge >= 0.3 is 6.09 Å². The molecule has 8 heteroatoms. The zero-order chi connectivity index (χ0) is 23.5. The van der Waals surface area contributed by atoms with Crippen molar-refractivity contribution in [2.24, 2.45) is 0 Å². The molecular formula is C24H35N3O5. The van der Waals surface area contributed by atoms with Crippen molar-refractivity contribution >= 4 is 22.9 Å². The molecule has 2 heterocycles. The van der Waals surface area contributed by atoms with Crippen molar-refractivity contribution in [3.05, 3.63) is 30.0 Å². The Labute approximate surface area is 189 Å². The van der Waals surface area contributed by atoms with Crippen molar-refractivity contribution < 1.29 is 23.8 Å². The summed E-state index contributed by atoms with van der Waals surface area (Å²) >= 11 is 0. The molecule has 1 aliphatic heterocycles. The third-order valence-corrected chi connectivity index (χ3v) is 5.21. The molecule has 0 spiro atoms. The number of aromatic nitrogens is 1. The molecule has 1 aromatic carbocycles. The van der Waals surface area contributed by atoms with E-state index in [9.17, 15) is 9.59 Å². The number of H-pyrrole nitrogens is 1. The Balaban J connectivity index is 1.71. The summed E-state index contributed by atoms with van der Waals surface area (Å²) in [5, 5.41) is 3.94. The zero-order valence-corrected chi connectivity index (χ0v) is 19.9. The maximum atomic E-state index is 12.7. The van der Waals surface area contributed by atoms with E-state index >= 15 is 0 Å². The second kappa shape index (κ2) is 9.40. The molecule has 32 heavy (non-hydrogen) atoms. The van der Waals surface area contributed by atoms with Gasteiger partial charge in [0.25, 0.3) is 5.91 Å². The summed E-state index contributed by atoms with van der Waals surface area (Å²) in [6.45, 7) is 13.5. The first-order valence-electron chi connectivity index (χ1n) is 11.1. The molecule has 1 aromatic heterocycles. The van der Waals surface area contributed by atoms with Gasteiger partial charge in [0, 0.05) is 30.2 Å². The minimum Gasteiger partial charge on any atom is -0.479 e. The van der Waals surface area contributed by atoms with Gasteiger partial charge < -0.3 is 29.4 Å². The molecule has 0 aliphatic carbocycles. The van der Waals surface area contributed by atoms with Crippen LogP contribution in [-0.4, -0.2) is 65.4 Å². The first-order chi connectivity index (χ1) is 15.0. The lowest BCUT2D eigenvalue weighted by atomic mass is 9.95. The maximum absolute atomic E-state index is 12.7. The van der Waals surface area contributed by atoms with Crippen LogP contribution < -0.4 is 10.1 Å². The van der Waals surface area contributed by atoms with Crippen LogP contribution in [0.15, 0.2) is 24.4 Å². The summed E-state index contributed by atoms with van der Waals surface area (Å²) in [5.41, 5.74) is 0.798. The minimum absolute atomic E-state index is 0.0419. The molecule has 3 rings (SSSR count). The highest BCUT2D eigenvalue weighted by molar-refractivity contribution is 5.89. The molecular weight excluding hydrogens is 410 g/mol. The van der Waals surface area contributed by atoms with E-state index in [-0.39, 0.29) is 5.91 Å². The van der Waals surface area contributed by atoms with Gasteiger partial charge in [-0.2, -0.15) is 0 Å². The first kappa shape index (κ1) is 23.9. The number of morpholine rings is 1. The van der Waals surface area contributed by atoms with Gasteiger partial charge in [-0.05, 0) is 59.6 Å². The smallest absolute Gasteiger partial charge is 0.408 e. The molecule has 1 unspecified atom stereocenters. The fraction of sp³-hybridized carbons (Fsp3) is 0.583. The average Bonchev–Trinajstić information content (AvgIpc) is 3.09. The molecule has 1 atom stereocenters. The van der Waals surface area contributed by atoms with Crippen LogP contribution in [-0.2, 0) is 20.7 Å². The number of fused-ring (bicyclic) bond motifs is 1. The number of hydrogen-bond acceptors (Lipinski definition) is 5. The van der Waals surface area contributed by atoms with Crippen LogP contribution in [0.25, 0.3) is 10.9 Å². The summed E-state index contributed by atoms with van der Waals surface area (Å²) in [6, 6.07) is 5.77. The maximum Gasteiger partial charge on any atom is 0.408 e. The van der Waals surface area contributed by atoms with Crippen LogP contribution in [0.2, 0.25) is 0 Å². The Morgan fingerprint density at radius 1 is 1.19 bits per heavy atom. The molecule has 0 bridgehead atoms. The third-order valence-electron chi connectivity index (χ3n) is 5.21. The van der Waals surface area contributed by atoms with Crippen molar-refractivity contribution in [3.63, 3.8) is 0 Å². The van der Waals surface area contributed by atoms with Crippen molar-refractivity contribution in [1.82, 2.24) is 15.2 Å². The largest absolute Gasteiger partial charge is 0.479 e. The van der Waals surface area contributed by atoms with E-state index in [0.29, 0.717) is 38.5 Å². The number of ether oxygens (including phenoxy) is 3. The fourth-order valence-electron chi connectivity index (χ4n) is 3.81. The third kappa shape index (κ3) is 6.16. The quantitative estimate of drug-likeness (QED) is 0.708. The van der Waals surface area contributed by atoms with Crippen LogP contribution in [0, 0.1) is 0 Å². The molecule has 2 amide bonds. The predicted molar refractivity (Wildman–Crippen MR) is 123 cm³/mol. The molecule has 176 valence electrons. The van der Waals surface area contributed by atoms with E-state index in [1.165, 1.54) is 0 Å². The van der Waals surface area contributed by atoms with E-state index in [4.69, 9.17) is 14.2 Å². The van der Waals surface area contributed by atoms with Gasteiger partial charge in [-0.1, -0.05) is 12.1 Å². The van der Waals surface area contributed by atoms with E-state index in [0.717, 1.165) is 16.5 Å². The van der Waals surface area contributed by atoms with Gasteiger partial charge in [-0.25, -0.2) is 4.79 Å². The molecule has 0 saturated carbocycles. The lowest BCUT2D eigenvalue weighted by Gasteiger charge is -2.29. The monoisotopic (exact) mass is 445 g/mol. The second-order valence-corrected chi connectivity index (χ2v) is 9.88. The zero-order valence-electron chi connectivity index (χ0n) is 19.9. The van der Waals surface area contributed by atoms with E-state index in [2.05, 4.69) is 10.3 Å². The molecule has 0 radical (unpaired) electrons. The highest BCUT2D eigenvalue weighted by Crippen LogP contribution is 2.30. The Morgan fingerprint density at radius 3 is 2.53 bits per heavy atom. The highest BCUT2D eigenvalue weighted by atomic mass is 16.6. The van der Waals surface area contributed by atoms with Crippen molar-refractivity contribution in [2.45, 2.75) is 65.2 Å². The number of hydrogen-bond donors (Lipinski definition) is 2. The minimum atomic E-state index is -0.601. The van der Waals surface area contributed by atoms with E-state index in [1.807, 2.05) is 59.0 Å². The molecule has 1 aliphatic rings. The number of nitrogens with one attached hydrogen (secondary N) is 2. The van der Waals surface area contributed by atoms with Crippen molar-refractivity contribution in [1.29, 1.82) is 0 Å². The molecule has 8 nitrogen and oxygen atoms in total. The van der Waals surface area contributed by atoms with Gasteiger partial charge in [-0.15, -0.1) is 0 Å². The summed E-state index contributed by atoms with van der Waals surface area (Å²) < 4.78 is 16.8. The Bertz CT molecular complexity index is 954. The van der Waals surface area contributed by atoms with Gasteiger partial charge in [0.2, 0.25) is 0 Å². The van der Waals surface area contributed by atoms with Gasteiger partial charge in [0.05, 0.1) is 18.7 Å². The van der Waals surface area contributed by atoms with Crippen LogP contribution in [0.5, 0.6) is 5.75 Å². The lowest BCUT2D eigenvalue weighted by Crippen LogP contribution is -2.47. The van der Waals surface area contributed by atoms with Crippen molar-refractivity contribution in [2.75, 3.05) is 26.3 Å². The summed E-state index contributed by atoms with van der Waals surface area (Å²) in [7, 11) is 0. The number of nitrogens with zero attached hydrogens (tertiary/aromatic N) is 1. The van der Waals surface area contributed by atoms with Crippen molar-refractivity contribution in [3.8, 4) is 5.75 Å². The molecule has 2 aromatic rings. The number of para-hydroxylation sites is 1. The standard InChI is InChI=1S/C24H35N3O5/c1-16(21(28)27-10-12-30-13-11-27)31-19-9-7-8-18-17(15-25-20(18)19)14-24(5,6)26-22(29)32-23(2,3)4/h7-9,15-16,25H,10-14H2,1-6H3,(H,26,29). The van der Waals surface area contributed by atoms with Crippen LogP contribution in [0.1, 0.15) is 47.1 Å². The predicted octanol–water partition coefficient (Wildman–Crippen LogP) is 3.64. The first-order valence-corrected chi connectivity index (χ1v) is 11.1. The number of carbonyl (C=O) groups excluding carboxylic acids is 2. The topological polar surface area (TPSA) is 92.9 Å². The Hall–Kier alpha value is -2.74. The normalized spacial score (nSPS) is 16.0. The van der Waals surface area contributed by atoms with Crippen LogP contribution >= 0.6 is 0 Å². The van der Waals surface area contributed by atoms with Gasteiger partial charge in [0.1, 0.15) is 11.4 Å². The van der Waals surface area contributed by atoms with Crippen LogP contribution in [0.4, 0.5) is 4.79 Å². The highest BCUT2D eigenvalue weighted by Gasteiger charge is 2.27. The summed E-state index contributed by atoms with van der Waals surface area (Å²) in [5.74, 6) is 0.584. The molecule has 2 N–H and O–H groups in total. The fourth-order valence-corrected chi connectivity index (χ4v) is 3.81. The Morgan fingerprint density at radius 2 is 1.88 bits per heavy atom.